The normalized spacial score (nSPS) is 21.7. The predicted molar refractivity (Wildman–Crippen MR) is 125 cm³/mol. The molecule has 0 bridgehead atoms. The van der Waals surface area contributed by atoms with Crippen LogP contribution in [0.15, 0.2) is 52.4 Å². The number of hydrogen-bond donors (Lipinski definition) is 3. The van der Waals surface area contributed by atoms with Crippen molar-refractivity contribution in [1.29, 1.82) is 0 Å². The van der Waals surface area contributed by atoms with Crippen LogP contribution in [0.2, 0.25) is 0 Å². The van der Waals surface area contributed by atoms with E-state index in [1.165, 1.54) is 10.8 Å². The van der Waals surface area contributed by atoms with Gasteiger partial charge in [0.25, 0.3) is 5.56 Å². The summed E-state index contributed by atoms with van der Waals surface area (Å²) in [7, 11) is -3.90. The van der Waals surface area contributed by atoms with Crippen molar-refractivity contribution in [3.05, 3.63) is 80.4 Å². The molecule has 1 fully saturated rings. The summed E-state index contributed by atoms with van der Waals surface area (Å²) in [6.07, 6.45) is 1.86. The first-order chi connectivity index (χ1) is 16.7. The highest BCUT2D eigenvalue weighted by atomic mass is 31.2. The van der Waals surface area contributed by atoms with Crippen LogP contribution in [0.25, 0.3) is 11.4 Å². The first-order valence-corrected chi connectivity index (χ1v) is 12.6. The van der Waals surface area contributed by atoms with Crippen molar-refractivity contribution in [3.63, 3.8) is 0 Å². The second-order valence-corrected chi connectivity index (χ2v) is 10.3. The Labute approximate surface area is 200 Å². The van der Waals surface area contributed by atoms with E-state index in [2.05, 4.69) is 15.0 Å². The Hall–Kier alpha value is -2.99. The number of nitrogens with one attached hydrogen (secondary N) is 1. The summed E-state index contributed by atoms with van der Waals surface area (Å²) in [5.41, 5.74) is 1.99. The fraction of sp³-hybridized carbons (Fsp3) is 0.364. The highest BCUT2D eigenvalue weighted by Crippen LogP contribution is 2.53. The lowest BCUT2D eigenvalue weighted by Gasteiger charge is -2.22. The summed E-state index contributed by atoms with van der Waals surface area (Å²) in [4.78, 5) is 34.8. The number of ether oxygens (including phenoxy) is 1. The average Bonchev–Trinajstić information content (AvgIpc) is 3.23. The molecule has 0 amide bonds. The summed E-state index contributed by atoms with van der Waals surface area (Å²) in [5.74, 6) is 5.38. The van der Waals surface area contributed by atoms with E-state index in [-0.39, 0.29) is 12.6 Å². The molecule has 4 atom stereocenters. The van der Waals surface area contributed by atoms with Gasteiger partial charge in [-0.25, -0.2) is 15.3 Å². The predicted octanol–water partition coefficient (Wildman–Crippen LogP) is 1.56. The lowest BCUT2D eigenvalue weighted by Crippen LogP contribution is -2.33. The molecule has 35 heavy (non-hydrogen) atoms. The standard InChI is InChI=1S/C22H26N5O7P/c1-13-3-5-24-16(7-13)17-8-15(4-6-25-17)12-35(31,34-23)33-18-9-20(32-19(18)11-28)27-10-14(2)21(29)26-22(27)30/h3-8,10,18-20,28H,9,11-12,23H2,1-2H3,(H,26,29,30)/t18-,19?,20?,35?/m1/s1. The van der Waals surface area contributed by atoms with Crippen LogP contribution < -0.4 is 17.1 Å². The molecule has 12 nitrogen and oxygen atoms in total. The largest absolute Gasteiger partial charge is 0.394 e. The second-order valence-electron chi connectivity index (χ2n) is 8.31. The highest BCUT2D eigenvalue weighted by Gasteiger charge is 2.42. The molecule has 4 rings (SSSR count). The molecular weight excluding hydrogens is 477 g/mol. The van der Waals surface area contributed by atoms with Crippen LogP contribution in [0.5, 0.6) is 0 Å². The first-order valence-electron chi connectivity index (χ1n) is 10.8. The summed E-state index contributed by atoms with van der Waals surface area (Å²) < 4.78 is 30.9. The van der Waals surface area contributed by atoms with Crippen molar-refractivity contribution in [3.8, 4) is 11.4 Å². The number of aromatic amines is 1. The van der Waals surface area contributed by atoms with E-state index >= 15 is 0 Å². The van der Waals surface area contributed by atoms with Crippen molar-refractivity contribution >= 4 is 7.60 Å². The number of aromatic nitrogens is 4. The van der Waals surface area contributed by atoms with Crippen molar-refractivity contribution in [1.82, 2.24) is 19.5 Å². The Morgan fingerprint density at radius 3 is 2.63 bits per heavy atom. The van der Waals surface area contributed by atoms with Gasteiger partial charge in [0.15, 0.2) is 0 Å². The molecule has 13 heteroatoms. The van der Waals surface area contributed by atoms with Gasteiger partial charge in [-0.15, -0.1) is 0 Å². The van der Waals surface area contributed by atoms with Crippen molar-refractivity contribution in [2.45, 2.75) is 44.9 Å². The quantitative estimate of drug-likeness (QED) is 0.303. The summed E-state index contributed by atoms with van der Waals surface area (Å²) in [5, 5.41) is 9.79. The minimum absolute atomic E-state index is 0.0682. The molecule has 0 saturated carbocycles. The third kappa shape index (κ3) is 5.64. The van der Waals surface area contributed by atoms with Gasteiger partial charge in [0.05, 0.1) is 24.2 Å². The Morgan fingerprint density at radius 2 is 1.94 bits per heavy atom. The first kappa shape index (κ1) is 25.1. The Morgan fingerprint density at radius 1 is 1.23 bits per heavy atom. The molecule has 0 aliphatic carbocycles. The van der Waals surface area contributed by atoms with Crippen molar-refractivity contribution in [2.24, 2.45) is 5.90 Å². The number of aryl methyl sites for hydroxylation is 2. The smallest absolute Gasteiger partial charge is 0.351 e. The van der Waals surface area contributed by atoms with E-state index in [0.29, 0.717) is 22.5 Å². The molecule has 1 saturated heterocycles. The maximum Gasteiger partial charge on any atom is 0.351 e. The van der Waals surface area contributed by atoms with Crippen molar-refractivity contribution < 1.29 is 23.6 Å². The lowest BCUT2D eigenvalue weighted by atomic mass is 10.1. The van der Waals surface area contributed by atoms with Gasteiger partial charge < -0.3 is 14.4 Å². The molecule has 3 unspecified atom stereocenters. The highest BCUT2D eigenvalue weighted by molar-refractivity contribution is 7.52. The number of hydrogen-bond acceptors (Lipinski definition) is 10. The maximum atomic E-state index is 13.4. The zero-order valence-electron chi connectivity index (χ0n) is 19.2. The monoisotopic (exact) mass is 503 g/mol. The molecule has 0 aromatic carbocycles. The topological polar surface area (TPSA) is 172 Å². The summed E-state index contributed by atoms with van der Waals surface area (Å²) >= 11 is 0. The van der Waals surface area contributed by atoms with Gasteiger partial charge >= 0.3 is 13.3 Å². The minimum atomic E-state index is -3.90. The molecule has 0 spiro atoms. The molecule has 4 heterocycles. The zero-order chi connectivity index (χ0) is 25.2. The molecule has 186 valence electrons. The Balaban J connectivity index is 1.53. The number of pyridine rings is 2. The van der Waals surface area contributed by atoms with Gasteiger partial charge in [0.2, 0.25) is 0 Å². The second kappa shape index (κ2) is 10.3. The number of aliphatic hydroxyl groups is 1. The average molecular weight is 503 g/mol. The van der Waals surface area contributed by atoms with E-state index in [1.807, 2.05) is 19.1 Å². The Bertz CT molecular complexity index is 1370. The summed E-state index contributed by atoms with van der Waals surface area (Å²) in [6, 6.07) is 7.13. The summed E-state index contributed by atoms with van der Waals surface area (Å²) in [6.45, 7) is 3.03. The number of nitrogens with two attached hydrogens (primary N) is 1. The zero-order valence-corrected chi connectivity index (χ0v) is 20.1. The third-order valence-corrected chi connectivity index (χ3v) is 7.32. The van der Waals surface area contributed by atoms with Crippen LogP contribution in [-0.2, 0) is 24.6 Å². The third-order valence-electron chi connectivity index (χ3n) is 5.65. The SMILES string of the molecule is Cc1ccnc(-c2cc(CP(=O)(ON)O[C@@H]3CC(n4cc(C)c(=O)[nH]c4=O)OC3CO)ccn2)c1. The van der Waals surface area contributed by atoms with Crippen LogP contribution >= 0.6 is 7.60 Å². The molecule has 1 aliphatic rings. The van der Waals surface area contributed by atoms with E-state index in [1.54, 1.807) is 31.5 Å². The number of aliphatic hydroxyl groups excluding tert-OH is 1. The van der Waals surface area contributed by atoms with Gasteiger partial charge in [0, 0.05) is 30.6 Å². The molecule has 0 radical (unpaired) electrons. The van der Waals surface area contributed by atoms with Gasteiger partial charge in [-0.1, -0.05) is 0 Å². The van der Waals surface area contributed by atoms with Gasteiger partial charge in [0.1, 0.15) is 18.4 Å². The maximum absolute atomic E-state index is 13.4. The van der Waals surface area contributed by atoms with E-state index in [9.17, 15) is 19.3 Å². The van der Waals surface area contributed by atoms with E-state index in [4.69, 9.17) is 19.8 Å². The molecule has 3 aromatic rings. The fourth-order valence-electron chi connectivity index (χ4n) is 3.86. The van der Waals surface area contributed by atoms with Crippen LogP contribution in [0.4, 0.5) is 0 Å². The molecule has 4 N–H and O–H groups in total. The molecular formula is C22H26N5O7P. The minimum Gasteiger partial charge on any atom is -0.394 e. The molecule has 3 aromatic heterocycles. The number of nitrogens with zero attached hydrogens (tertiary/aromatic N) is 3. The van der Waals surface area contributed by atoms with Gasteiger partial charge in [-0.2, -0.15) is 0 Å². The lowest BCUT2D eigenvalue weighted by molar-refractivity contribution is -0.0440. The van der Waals surface area contributed by atoms with E-state index in [0.717, 1.165) is 5.56 Å². The fourth-order valence-corrected chi connectivity index (χ4v) is 5.34. The van der Waals surface area contributed by atoms with Crippen LogP contribution in [0.1, 0.15) is 29.3 Å². The van der Waals surface area contributed by atoms with Crippen LogP contribution in [0.3, 0.4) is 0 Å². The Kier molecular flexibility index (Phi) is 7.41. The van der Waals surface area contributed by atoms with Crippen molar-refractivity contribution in [2.75, 3.05) is 6.61 Å². The van der Waals surface area contributed by atoms with Crippen LogP contribution in [-0.4, -0.2) is 43.4 Å². The molecule has 1 aliphatic heterocycles. The van der Waals surface area contributed by atoms with E-state index < -0.39 is 43.9 Å². The van der Waals surface area contributed by atoms with Gasteiger partial charge in [-0.05, 0) is 49.2 Å². The van der Waals surface area contributed by atoms with Gasteiger partial charge in [-0.3, -0.25) is 28.9 Å². The number of H-pyrrole nitrogens is 1. The number of rotatable bonds is 8. The van der Waals surface area contributed by atoms with Crippen LogP contribution in [0, 0.1) is 13.8 Å².